The summed E-state index contributed by atoms with van der Waals surface area (Å²) in [5.74, 6) is 0. The van der Waals surface area contributed by atoms with E-state index in [9.17, 15) is 0 Å². The first kappa shape index (κ1) is 23.1. The summed E-state index contributed by atoms with van der Waals surface area (Å²) in [6.07, 6.45) is 10.5. The highest BCUT2D eigenvalue weighted by Crippen LogP contribution is 2.38. The van der Waals surface area contributed by atoms with Gasteiger partial charge < -0.3 is 9.80 Å². The molecule has 2 heterocycles. The second kappa shape index (κ2) is 13.0. The quantitative estimate of drug-likeness (QED) is 0.313. The lowest BCUT2D eigenvalue weighted by atomic mass is 10.2. The van der Waals surface area contributed by atoms with E-state index in [2.05, 4.69) is 34.1 Å². The second-order valence-electron chi connectivity index (χ2n) is 7.14. The minimum absolute atomic E-state index is 1.03. The van der Waals surface area contributed by atoms with Gasteiger partial charge in [0.05, 0.1) is 0 Å². The van der Waals surface area contributed by atoms with E-state index in [0.717, 1.165) is 34.8 Å². The van der Waals surface area contributed by atoms with Gasteiger partial charge in [-0.3, -0.25) is 0 Å². The average molecular weight is 489 g/mol. The summed E-state index contributed by atoms with van der Waals surface area (Å²) in [5, 5.41) is 0. The van der Waals surface area contributed by atoms with Crippen LogP contribution in [0.3, 0.4) is 0 Å². The van der Waals surface area contributed by atoms with Gasteiger partial charge in [-0.15, -0.1) is 0 Å². The van der Waals surface area contributed by atoms with Crippen molar-refractivity contribution in [3.8, 4) is 0 Å². The number of hydrogen-bond acceptors (Lipinski definition) is 6. The molecule has 0 amide bonds. The van der Waals surface area contributed by atoms with Crippen molar-refractivity contribution in [2.75, 3.05) is 26.2 Å². The van der Waals surface area contributed by atoms with Crippen LogP contribution in [0.1, 0.15) is 51.4 Å². The number of nitrogens with zero attached hydrogens (tertiary/aromatic N) is 2. The van der Waals surface area contributed by atoms with Crippen LogP contribution in [0.15, 0.2) is 34.1 Å². The molecule has 2 fully saturated rings. The Labute approximate surface area is 196 Å². The standard InChI is InChI=1S/C20H28N2S6/c23-19(21-13-5-1-2-6-14-21)27-25-17-9-11-18(12-10-17)26-28-20(24)22-15-7-3-4-8-16-22/h9-12H,1-8,13-16H2. The van der Waals surface area contributed by atoms with Gasteiger partial charge in [-0.2, -0.15) is 0 Å². The minimum atomic E-state index is 1.03. The maximum absolute atomic E-state index is 5.64. The second-order valence-corrected chi connectivity index (χ2v) is 12.8. The zero-order chi connectivity index (χ0) is 19.6. The van der Waals surface area contributed by atoms with Crippen LogP contribution in [-0.2, 0) is 0 Å². The van der Waals surface area contributed by atoms with Crippen LogP contribution in [0.5, 0.6) is 0 Å². The predicted molar refractivity (Wildman–Crippen MR) is 139 cm³/mol. The Morgan fingerprint density at radius 3 is 1.21 bits per heavy atom. The normalized spacial score (nSPS) is 18.4. The van der Waals surface area contributed by atoms with Gasteiger partial charge in [-0.25, -0.2) is 0 Å². The number of hydrogen-bond donors (Lipinski definition) is 0. The van der Waals surface area contributed by atoms with Gasteiger partial charge in [0.15, 0.2) is 0 Å². The molecule has 28 heavy (non-hydrogen) atoms. The third-order valence-electron chi connectivity index (χ3n) is 4.97. The number of rotatable bonds is 4. The van der Waals surface area contributed by atoms with Crippen LogP contribution in [0.25, 0.3) is 0 Å². The van der Waals surface area contributed by atoms with Crippen molar-refractivity contribution in [1.29, 1.82) is 0 Å². The molecule has 0 radical (unpaired) electrons. The van der Waals surface area contributed by atoms with E-state index in [1.807, 2.05) is 0 Å². The van der Waals surface area contributed by atoms with Crippen LogP contribution in [-0.4, -0.2) is 44.6 Å². The summed E-state index contributed by atoms with van der Waals surface area (Å²) >= 11 is 11.3. The molecule has 154 valence electrons. The largest absolute Gasteiger partial charge is 0.357 e. The molecule has 0 unspecified atom stereocenters. The predicted octanol–water partition coefficient (Wildman–Crippen LogP) is 7.49. The van der Waals surface area contributed by atoms with Gasteiger partial charge in [0.25, 0.3) is 0 Å². The lowest BCUT2D eigenvalue weighted by molar-refractivity contribution is 0.450. The Hall–Kier alpha value is 0.400. The van der Waals surface area contributed by atoms with Crippen LogP contribution < -0.4 is 0 Å². The highest BCUT2D eigenvalue weighted by Gasteiger charge is 2.14. The third-order valence-corrected chi connectivity index (χ3v) is 11.1. The molecule has 3 rings (SSSR count). The maximum Gasteiger partial charge on any atom is 0.147 e. The Morgan fingerprint density at radius 1 is 0.571 bits per heavy atom. The molecule has 2 nitrogen and oxygen atoms in total. The minimum Gasteiger partial charge on any atom is -0.357 e. The summed E-state index contributed by atoms with van der Waals surface area (Å²) in [6, 6.07) is 8.78. The first-order chi connectivity index (χ1) is 13.7. The van der Waals surface area contributed by atoms with Gasteiger partial charge in [-0.1, -0.05) is 71.7 Å². The van der Waals surface area contributed by atoms with Crippen molar-refractivity contribution >= 4 is 76.3 Å². The van der Waals surface area contributed by atoms with Crippen molar-refractivity contribution in [2.45, 2.75) is 61.2 Å². The van der Waals surface area contributed by atoms with E-state index >= 15 is 0 Å². The first-order valence-corrected chi connectivity index (χ1v) is 15.2. The fraction of sp³-hybridized carbons (Fsp3) is 0.600. The monoisotopic (exact) mass is 488 g/mol. The van der Waals surface area contributed by atoms with Crippen molar-refractivity contribution in [3.05, 3.63) is 24.3 Å². The summed E-state index contributed by atoms with van der Waals surface area (Å²) in [5.41, 5.74) is 0. The van der Waals surface area contributed by atoms with E-state index in [1.54, 1.807) is 43.2 Å². The zero-order valence-corrected chi connectivity index (χ0v) is 21.0. The summed E-state index contributed by atoms with van der Waals surface area (Å²) in [7, 11) is 6.99. The van der Waals surface area contributed by atoms with Gasteiger partial charge in [0.1, 0.15) is 8.64 Å². The van der Waals surface area contributed by atoms with Crippen LogP contribution in [0.4, 0.5) is 0 Å². The number of likely N-dealkylation sites (tertiary alicyclic amines) is 2. The number of thiocarbonyl (C=S) groups is 2. The van der Waals surface area contributed by atoms with E-state index in [0.29, 0.717) is 0 Å². The lowest BCUT2D eigenvalue weighted by Crippen LogP contribution is -2.27. The molecule has 1 aromatic rings. The van der Waals surface area contributed by atoms with Crippen molar-refractivity contribution < 1.29 is 0 Å². The summed E-state index contributed by atoms with van der Waals surface area (Å²) < 4.78 is 2.06. The molecule has 0 atom stereocenters. The smallest absolute Gasteiger partial charge is 0.147 e. The van der Waals surface area contributed by atoms with Crippen molar-refractivity contribution in [2.24, 2.45) is 0 Å². The number of benzene rings is 1. The zero-order valence-electron chi connectivity index (χ0n) is 16.1. The van der Waals surface area contributed by atoms with Gasteiger partial charge in [0, 0.05) is 36.0 Å². The molecular formula is C20H28N2S6. The maximum atomic E-state index is 5.64. The van der Waals surface area contributed by atoms with Gasteiger partial charge in [-0.05, 0) is 71.5 Å². The molecule has 1 aromatic carbocycles. The molecule has 8 heteroatoms. The molecule has 0 N–H and O–H groups in total. The summed E-state index contributed by atoms with van der Waals surface area (Å²) in [6.45, 7) is 4.48. The molecular weight excluding hydrogens is 461 g/mol. The van der Waals surface area contributed by atoms with Crippen molar-refractivity contribution in [1.82, 2.24) is 9.80 Å². The molecule has 0 aromatic heterocycles. The molecule has 2 aliphatic rings. The lowest BCUT2D eigenvalue weighted by Gasteiger charge is -2.22. The van der Waals surface area contributed by atoms with E-state index in [4.69, 9.17) is 24.4 Å². The van der Waals surface area contributed by atoms with E-state index in [-0.39, 0.29) is 0 Å². The topological polar surface area (TPSA) is 6.48 Å². The fourth-order valence-corrected chi connectivity index (χ4v) is 8.02. The van der Waals surface area contributed by atoms with E-state index in [1.165, 1.54) is 61.2 Å². The van der Waals surface area contributed by atoms with Crippen LogP contribution in [0, 0.1) is 0 Å². The molecule has 0 bridgehead atoms. The van der Waals surface area contributed by atoms with Gasteiger partial charge in [0.2, 0.25) is 0 Å². The molecule has 2 aliphatic heterocycles. The van der Waals surface area contributed by atoms with Gasteiger partial charge >= 0.3 is 0 Å². The third kappa shape index (κ3) is 7.91. The van der Waals surface area contributed by atoms with Crippen LogP contribution >= 0.6 is 67.6 Å². The fourth-order valence-electron chi connectivity index (χ4n) is 3.33. The SMILES string of the molecule is S=C(SSc1ccc(SSC(=S)N2CCCCCC2)cc1)N1CCCCCC1. The molecule has 0 aliphatic carbocycles. The first-order valence-electron chi connectivity index (χ1n) is 10.1. The summed E-state index contributed by atoms with van der Waals surface area (Å²) in [4.78, 5) is 7.27. The highest BCUT2D eigenvalue weighted by atomic mass is 33.1. The van der Waals surface area contributed by atoms with E-state index < -0.39 is 0 Å². The average Bonchev–Trinajstić information content (AvgIpc) is 3.16. The van der Waals surface area contributed by atoms with Crippen molar-refractivity contribution in [3.63, 3.8) is 0 Å². The molecule has 0 saturated carbocycles. The Kier molecular flexibility index (Phi) is 10.7. The van der Waals surface area contributed by atoms with Crippen LogP contribution in [0.2, 0.25) is 0 Å². The highest BCUT2D eigenvalue weighted by molar-refractivity contribution is 8.84. The molecule has 0 spiro atoms. The Morgan fingerprint density at radius 2 is 0.893 bits per heavy atom. The molecule has 2 saturated heterocycles. The Bertz CT molecular complexity index is 565. The Balaban J connectivity index is 1.40.